The van der Waals surface area contributed by atoms with Gasteiger partial charge in [0.15, 0.2) is 6.10 Å². The van der Waals surface area contributed by atoms with Crippen LogP contribution in [0.3, 0.4) is 0 Å². The van der Waals surface area contributed by atoms with Crippen LogP contribution in [0.4, 0.5) is 5.69 Å². The molecule has 5 aromatic rings. The van der Waals surface area contributed by atoms with E-state index < -0.39 is 24.0 Å². The third-order valence-corrected chi connectivity index (χ3v) is 7.70. The average molecular weight is 618 g/mol. The second-order valence-corrected chi connectivity index (χ2v) is 10.8. The van der Waals surface area contributed by atoms with Crippen LogP contribution in [-0.2, 0) is 16.0 Å². The summed E-state index contributed by atoms with van der Waals surface area (Å²) in [6.45, 7) is 0.506. The van der Waals surface area contributed by atoms with Gasteiger partial charge in [-0.3, -0.25) is 14.4 Å². The Morgan fingerprint density at radius 3 is 2.41 bits per heavy atom. The van der Waals surface area contributed by atoms with Crippen LogP contribution in [0, 0.1) is 0 Å². The van der Waals surface area contributed by atoms with E-state index >= 15 is 0 Å². The topological polar surface area (TPSA) is 162 Å². The first-order chi connectivity index (χ1) is 22.5. The summed E-state index contributed by atoms with van der Waals surface area (Å²) < 4.78 is 5.62. The number of tetrazole rings is 1. The van der Waals surface area contributed by atoms with E-state index in [-0.39, 0.29) is 30.7 Å². The second kappa shape index (κ2) is 13.9. The molecule has 1 fully saturated rings. The predicted molar refractivity (Wildman–Crippen MR) is 168 cm³/mol. The van der Waals surface area contributed by atoms with Gasteiger partial charge in [0.25, 0.3) is 17.7 Å². The molecule has 1 aliphatic rings. The van der Waals surface area contributed by atoms with Gasteiger partial charge in [-0.05, 0) is 53.1 Å². The number of nitrogens with one attached hydrogen (secondary N) is 3. The monoisotopic (exact) mass is 617 g/mol. The maximum absolute atomic E-state index is 13.6. The number of benzene rings is 4. The molecule has 1 saturated heterocycles. The van der Waals surface area contributed by atoms with Crippen LogP contribution in [-0.4, -0.2) is 73.8 Å². The molecule has 3 atom stereocenters. The lowest BCUT2D eigenvalue weighted by Crippen LogP contribution is -2.50. The molecule has 12 heteroatoms. The predicted octanol–water partition coefficient (Wildman–Crippen LogP) is 3.38. The molecule has 0 saturated carbocycles. The molecular weight excluding hydrogens is 586 g/mol. The van der Waals surface area contributed by atoms with Crippen molar-refractivity contribution in [2.45, 2.75) is 24.6 Å². The van der Waals surface area contributed by atoms with Crippen molar-refractivity contribution >= 4 is 23.4 Å². The number of ether oxygens (including phenoxy) is 1. The van der Waals surface area contributed by atoms with Crippen molar-refractivity contribution in [1.82, 2.24) is 30.8 Å². The molecule has 1 aromatic heterocycles. The number of aromatic amines is 1. The number of hydrogen-bond acceptors (Lipinski definition) is 8. The Bertz CT molecular complexity index is 1800. The zero-order valence-electron chi connectivity index (χ0n) is 24.6. The first-order valence-corrected chi connectivity index (χ1v) is 14.7. The van der Waals surface area contributed by atoms with Crippen molar-refractivity contribution in [1.29, 1.82) is 0 Å². The van der Waals surface area contributed by atoms with Crippen LogP contribution < -0.4 is 10.6 Å². The van der Waals surface area contributed by atoms with Crippen molar-refractivity contribution < 1.29 is 24.2 Å². The second-order valence-electron chi connectivity index (χ2n) is 10.8. The molecule has 0 radical (unpaired) electrons. The van der Waals surface area contributed by atoms with Crippen molar-refractivity contribution in [2.75, 3.05) is 18.7 Å². The smallest absolute Gasteiger partial charge is 0.256 e. The van der Waals surface area contributed by atoms with Gasteiger partial charge in [0.05, 0.1) is 18.7 Å². The molecule has 46 heavy (non-hydrogen) atoms. The zero-order chi connectivity index (χ0) is 31.9. The van der Waals surface area contributed by atoms with Crippen LogP contribution >= 0.6 is 0 Å². The number of rotatable bonds is 10. The van der Waals surface area contributed by atoms with Gasteiger partial charge in [-0.15, -0.1) is 10.2 Å². The SMILES string of the molecule is O=C(N[C@@H](Cc1ccccc1)[C@H](O)C(=O)Nc1cccc(-c2nn[nH]n2)c1)c1cccc(C(=O)N2COC[C@@H]2c2ccccc2)c1. The fourth-order valence-corrected chi connectivity index (χ4v) is 5.33. The Balaban J connectivity index is 1.19. The highest BCUT2D eigenvalue weighted by Crippen LogP contribution is 2.28. The van der Waals surface area contributed by atoms with Crippen molar-refractivity contribution in [3.8, 4) is 11.4 Å². The first kappa shape index (κ1) is 30.3. The van der Waals surface area contributed by atoms with E-state index in [4.69, 9.17) is 4.74 Å². The Labute approximate surface area is 264 Å². The van der Waals surface area contributed by atoms with Gasteiger partial charge in [-0.1, -0.05) is 78.9 Å². The third kappa shape index (κ3) is 6.98. The van der Waals surface area contributed by atoms with Gasteiger partial charge in [0, 0.05) is 22.4 Å². The largest absolute Gasteiger partial charge is 0.381 e. The summed E-state index contributed by atoms with van der Waals surface area (Å²) in [6.07, 6.45) is -1.44. The maximum Gasteiger partial charge on any atom is 0.256 e. The molecule has 4 N–H and O–H groups in total. The number of aliphatic hydroxyl groups is 1. The van der Waals surface area contributed by atoms with E-state index in [9.17, 15) is 19.5 Å². The Hall–Kier alpha value is -5.72. The number of aliphatic hydroxyl groups excluding tert-OH is 1. The van der Waals surface area contributed by atoms with Crippen LogP contribution in [0.5, 0.6) is 0 Å². The fraction of sp³-hybridized carbons (Fsp3) is 0.176. The number of carbonyl (C=O) groups excluding carboxylic acids is 3. The standard InChI is InChI=1S/C34H31N7O5/c42-30(33(44)35-27-16-8-13-24(19-27)31-37-39-40-38-31)28(17-22-9-3-1-4-10-22)36-32(43)25-14-7-15-26(18-25)34(45)41-21-46-20-29(41)23-11-5-2-6-12-23/h1-16,18-19,28-30,42H,17,20-21H2,(H,35,44)(H,36,43)(H,37,38,39,40)/t28-,29+,30-/m0/s1. The van der Waals surface area contributed by atoms with Gasteiger partial charge in [0.1, 0.15) is 6.73 Å². The van der Waals surface area contributed by atoms with Gasteiger partial charge in [0.2, 0.25) is 5.82 Å². The normalized spacial score (nSPS) is 15.6. The van der Waals surface area contributed by atoms with Crippen molar-refractivity contribution in [3.05, 3.63) is 131 Å². The van der Waals surface area contributed by atoms with Gasteiger partial charge < -0.3 is 25.4 Å². The van der Waals surface area contributed by atoms with E-state index in [0.717, 1.165) is 11.1 Å². The Morgan fingerprint density at radius 2 is 1.65 bits per heavy atom. The van der Waals surface area contributed by atoms with Crippen LogP contribution in [0.25, 0.3) is 11.4 Å². The quantitative estimate of drug-likeness (QED) is 0.185. The molecule has 0 bridgehead atoms. The summed E-state index contributed by atoms with van der Waals surface area (Å²) in [7, 11) is 0. The van der Waals surface area contributed by atoms with Crippen molar-refractivity contribution in [2.24, 2.45) is 0 Å². The first-order valence-electron chi connectivity index (χ1n) is 14.7. The average Bonchev–Trinajstić information content (AvgIpc) is 3.82. The summed E-state index contributed by atoms with van der Waals surface area (Å²) in [5.74, 6) is -1.18. The number of carbonyl (C=O) groups is 3. The van der Waals surface area contributed by atoms with Gasteiger partial charge in [-0.2, -0.15) is 5.21 Å². The van der Waals surface area contributed by atoms with Crippen molar-refractivity contribution in [3.63, 3.8) is 0 Å². The van der Waals surface area contributed by atoms with E-state index in [1.54, 1.807) is 47.4 Å². The molecule has 2 heterocycles. The minimum Gasteiger partial charge on any atom is -0.381 e. The molecule has 0 aliphatic carbocycles. The summed E-state index contributed by atoms with van der Waals surface area (Å²) in [4.78, 5) is 42.0. The van der Waals surface area contributed by atoms with Crippen LogP contribution in [0.15, 0.2) is 109 Å². The molecule has 0 unspecified atom stereocenters. The zero-order valence-corrected chi connectivity index (χ0v) is 24.6. The van der Waals surface area contributed by atoms with Gasteiger partial charge in [-0.25, -0.2) is 0 Å². The number of hydrogen-bond donors (Lipinski definition) is 4. The van der Waals surface area contributed by atoms with Crippen LogP contribution in [0.1, 0.15) is 37.9 Å². The number of nitrogens with zero attached hydrogens (tertiary/aromatic N) is 4. The third-order valence-electron chi connectivity index (χ3n) is 7.70. The number of anilines is 1. The number of amides is 3. The molecule has 4 aromatic carbocycles. The number of H-pyrrole nitrogens is 1. The Kier molecular flexibility index (Phi) is 9.18. The highest BCUT2D eigenvalue weighted by atomic mass is 16.5. The molecule has 12 nitrogen and oxygen atoms in total. The highest BCUT2D eigenvalue weighted by molar-refractivity contribution is 6.01. The Morgan fingerprint density at radius 1 is 0.913 bits per heavy atom. The summed E-state index contributed by atoms with van der Waals surface area (Å²) in [5.41, 5.74) is 3.31. The lowest BCUT2D eigenvalue weighted by molar-refractivity contribution is -0.125. The molecule has 6 rings (SSSR count). The minimum atomic E-state index is -1.61. The molecule has 1 aliphatic heterocycles. The van der Waals surface area contributed by atoms with E-state index in [1.807, 2.05) is 60.7 Å². The molecular formula is C34H31N7O5. The van der Waals surface area contributed by atoms with Crippen LogP contribution in [0.2, 0.25) is 0 Å². The number of aromatic nitrogens is 4. The van der Waals surface area contributed by atoms with E-state index in [0.29, 0.717) is 29.2 Å². The molecule has 0 spiro atoms. The summed E-state index contributed by atoms with van der Waals surface area (Å²) in [6, 6.07) is 30.7. The lowest BCUT2D eigenvalue weighted by Gasteiger charge is -2.25. The molecule has 232 valence electrons. The van der Waals surface area contributed by atoms with Gasteiger partial charge >= 0.3 is 0 Å². The summed E-state index contributed by atoms with van der Waals surface area (Å²) >= 11 is 0. The van der Waals surface area contributed by atoms with E-state index in [2.05, 4.69) is 31.3 Å². The summed E-state index contributed by atoms with van der Waals surface area (Å²) in [5, 5.41) is 30.6. The minimum absolute atomic E-state index is 0.132. The molecule has 3 amide bonds. The lowest BCUT2D eigenvalue weighted by atomic mass is 9.99. The van der Waals surface area contributed by atoms with E-state index in [1.165, 1.54) is 6.07 Å². The highest BCUT2D eigenvalue weighted by Gasteiger charge is 2.32. The fourth-order valence-electron chi connectivity index (χ4n) is 5.33. The maximum atomic E-state index is 13.6.